The van der Waals surface area contributed by atoms with Gasteiger partial charge in [0.05, 0.1) is 18.4 Å². The molecule has 0 fully saturated rings. The third-order valence-corrected chi connectivity index (χ3v) is 3.83. The minimum atomic E-state index is -4.69. The van der Waals surface area contributed by atoms with Crippen LogP contribution in [0.4, 0.5) is 36.4 Å². The van der Waals surface area contributed by atoms with Gasteiger partial charge in [-0.2, -0.15) is 26.3 Å². The molecule has 11 heteroatoms. The SMILES string of the molecule is COc1cc(CCC(=O)Nc2cc(C(F)(F)F)ccc2F)ccc1OCC(F)(F)F. The molecular weight excluding hydrogens is 423 g/mol. The molecule has 0 saturated heterocycles. The number of halogens is 7. The van der Waals surface area contributed by atoms with E-state index in [1.54, 1.807) is 0 Å². The Morgan fingerprint density at radius 3 is 2.30 bits per heavy atom. The van der Waals surface area contributed by atoms with Gasteiger partial charge in [0, 0.05) is 6.42 Å². The molecule has 0 bridgehead atoms. The van der Waals surface area contributed by atoms with Crippen LogP contribution in [0.15, 0.2) is 36.4 Å². The Hall–Kier alpha value is -2.98. The van der Waals surface area contributed by atoms with E-state index in [-0.39, 0.29) is 24.3 Å². The van der Waals surface area contributed by atoms with Crippen LogP contribution in [0.5, 0.6) is 11.5 Å². The van der Waals surface area contributed by atoms with Crippen molar-refractivity contribution in [2.75, 3.05) is 19.0 Å². The molecule has 0 aromatic heterocycles. The van der Waals surface area contributed by atoms with Gasteiger partial charge in [0.2, 0.25) is 5.91 Å². The van der Waals surface area contributed by atoms with Crippen LogP contribution in [-0.4, -0.2) is 25.8 Å². The highest BCUT2D eigenvalue weighted by atomic mass is 19.4. The van der Waals surface area contributed by atoms with Gasteiger partial charge in [-0.25, -0.2) is 4.39 Å². The monoisotopic (exact) mass is 439 g/mol. The van der Waals surface area contributed by atoms with Gasteiger partial charge in [-0.15, -0.1) is 0 Å². The van der Waals surface area contributed by atoms with Crippen molar-refractivity contribution in [1.82, 2.24) is 0 Å². The fourth-order valence-electron chi connectivity index (χ4n) is 2.41. The first-order valence-corrected chi connectivity index (χ1v) is 8.42. The average molecular weight is 439 g/mol. The Bertz CT molecular complexity index is 895. The summed E-state index contributed by atoms with van der Waals surface area (Å²) < 4.78 is 98.2. The number of hydrogen-bond donors (Lipinski definition) is 1. The van der Waals surface area contributed by atoms with Gasteiger partial charge in [-0.1, -0.05) is 6.07 Å². The quantitative estimate of drug-likeness (QED) is 0.591. The smallest absolute Gasteiger partial charge is 0.422 e. The lowest BCUT2D eigenvalue weighted by Gasteiger charge is -2.14. The number of carbonyl (C=O) groups excluding carboxylic acids is 1. The fraction of sp³-hybridized carbons (Fsp3) is 0.316. The van der Waals surface area contributed by atoms with E-state index in [1.807, 2.05) is 0 Å². The van der Waals surface area contributed by atoms with Crippen molar-refractivity contribution in [2.45, 2.75) is 25.2 Å². The lowest BCUT2D eigenvalue weighted by Crippen LogP contribution is -2.19. The van der Waals surface area contributed by atoms with Crippen molar-refractivity contribution >= 4 is 11.6 Å². The Labute approximate surface area is 166 Å². The summed E-state index contributed by atoms with van der Waals surface area (Å²) >= 11 is 0. The number of alkyl halides is 6. The van der Waals surface area contributed by atoms with Crippen molar-refractivity contribution < 1.29 is 45.0 Å². The molecule has 0 heterocycles. The molecular formula is C19H16F7NO3. The summed E-state index contributed by atoms with van der Waals surface area (Å²) in [6.45, 7) is -1.51. The maximum atomic E-state index is 13.7. The second-order valence-corrected chi connectivity index (χ2v) is 6.13. The molecule has 0 radical (unpaired) electrons. The normalized spacial score (nSPS) is 11.9. The predicted molar refractivity (Wildman–Crippen MR) is 92.9 cm³/mol. The molecule has 4 nitrogen and oxygen atoms in total. The van der Waals surface area contributed by atoms with Crippen LogP contribution >= 0.6 is 0 Å². The predicted octanol–water partition coefficient (Wildman–Crippen LogP) is 5.37. The first-order chi connectivity index (χ1) is 13.9. The zero-order valence-electron chi connectivity index (χ0n) is 15.5. The topological polar surface area (TPSA) is 47.6 Å². The molecule has 1 amide bonds. The molecule has 0 aliphatic rings. The Morgan fingerprint density at radius 2 is 1.70 bits per heavy atom. The third kappa shape index (κ3) is 6.82. The van der Waals surface area contributed by atoms with Gasteiger partial charge in [-0.3, -0.25) is 4.79 Å². The highest BCUT2D eigenvalue weighted by molar-refractivity contribution is 5.91. The largest absolute Gasteiger partial charge is 0.493 e. The van der Waals surface area contributed by atoms with E-state index in [2.05, 4.69) is 10.1 Å². The number of aryl methyl sites for hydroxylation is 1. The van der Waals surface area contributed by atoms with Crippen molar-refractivity contribution in [1.29, 1.82) is 0 Å². The van der Waals surface area contributed by atoms with Crippen molar-refractivity contribution in [2.24, 2.45) is 0 Å². The van der Waals surface area contributed by atoms with Crippen LogP contribution < -0.4 is 14.8 Å². The summed E-state index contributed by atoms with van der Waals surface area (Å²) in [5, 5.41) is 2.07. The second-order valence-electron chi connectivity index (χ2n) is 6.13. The number of nitrogens with one attached hydrogen (secondary N) is 1. The molecule has 0 spiro atoms. The molecule has 0 aliphatic heterocycles. The lowest BCUT2D eigenvalue weighted by atomic mass is 10.1. The number of ether oxygens (including phenoxy) is 2. The van der Waals surface area contributed by atoms with Crippen LogP contribution in [0.2, 0.25) is 0 Å². The molecule has 0 aliphatic carbocycles. The maximum Gasteiger partial charge on any atom is 0.422 e. The molecule has 2 aromatic carbocycles. The Balaban J connectivity index is 2.01. The Kier molecular flexibility index (Phi) is 7.16. The summed E-state index contributed by atoms with van der Waals surface area (Å²) in [6.07, 6.45) is -9.37. The van der Waals surface area contributed by atoms with Crippen LogP contribution in [0, 0.1) is 5.82 Å². The Morgan fingerprint density at radius 1 is 1.00 bits per heavy atom. The molecule has 0 unspecified atom stereocenters. The number of carbonyl (C=O) groups is 1. The summed E-state index contributed by atoms with van der Waals surface area (Å²) in [5.41, 5.74) is -1.23. The van der Waals surface area contributed by atoms with Gasteiger partial charge in [0.15, 0.2) is 18.1 Å². The van der Waals surface area contributed by atoms with E-state index in [9.17, 15) is 35.5 Å². The first kappa shape index (κ1) is 23.3. The van der Waals surface area contributed by atoms with Crippen molar-refractivity contribution in [3.05, 3.63) is 53.3 Å². The summed E-state index contributed by atoms with van der Waals surface area (Å²) in [7, 11) is 1.22. The molecule has 2 aromatic rings. The average Bonchev–Trinajstić information content (AvgIpc) is 2.65. The van der Waals surface area contributed by atoms with E-state index in [0.29, 0.717) is 23.8 Å². The molecule has 0 atom stereocenters. The standard InChI is InChI=1S/C19H16F7NO3/c1-29-16-8-11(2-6-15(16)30-10-18(21,22)23)3-7-17(28)27-14-9-12(19(24,25)26)4-5-13(14)20/h2,4-6,8-9H,3,7,10H2,1H3,(H,27,28). The van der Waals surface area contributed by atoms with Gasteiger partial charge in [0.1, 0.15) is 5.82 Å². The first-order valence-electron chi connectivity index (χ1n) is 8.42. The number of hydrogen-bond acceptors (Lipinski definition) is 3. The van der Waals surface area contributed by atoms with Gasteiger partial charge >= 0.3 is 12.4 Å². The number of rotatable bonds is 7. The molecule has 1 N–H and O–H groups in total. The lowest BCUT2D eigenvalue weighted by molar-refractivity contribution is -0.153. The van der Waals surface area contributed by atoms with Crippen LogP contribution in [-0.2, 0) is 17.4 Å². The van der Waals surface area contributed by atoms with Crippen LogP contribution in [0.25, 0.3) is 0 Å². The van der Waals surface area contributed by atoms with E-state index >= 15 is 0 Å². The van der Waals surface area contributed by atoms with E-state index in [1.165, 1.54) is 25.3 Å². The molecule has 30 heavy (non-hydrogen) atoms. The minimum Gasteiger partial charge on any atom is -0.493 e. The zero-order chi connectivity index (χ0) is 22.5. The highest BCUT2D eigenvalue weighted by Gasteiger charge is 2.31. The van der Waals surface area contributed by atoms with Crippen LogP contribution in [0.3, 0.4) is 0 Å². The number of anilines is 1. The number of amides is 1. The molecule has 0 saturated carbocycles. The maximum absolute atomic E-state index is 13.7. The summed E-state index contributed by atoms with van der Waals surface area (Å²) in [5.74, 6) is -1.90. The van der Waals surface area contributed by atoms with Gasteiger partial charge < -0.3 is 14.8 Å². The molecule has 2 rings (SSSR count). The molecule has 164 valence electrons. The van der Waals surface area contributed by atoms with Crippen LogP contribution in [0.1, 0.15) is 17.5 Å². The second kappa shape index (κ2) is 9.23. The summed E-state index contributed by atoms with van der Waals surface area (Å²) in [4.78, 5) is 12.0. The summed E-state index contributed by atoms with van der Waals surface area (Å²) in [6, 6.07) is 5.66. The fourth-order valence-corrected chi connectivity index (χ4v) is 2.41. The number of methoxy groups -OCH3 is 1. The van der Waals surface area contributed by atoms with Gasteiger partial charge in [0.25, 0.3) is 0 Å². The van der Waals surface area contributed by atoms with E-state index in [0.717, 1.165) is 0 Å². The number of benzene rings is 2. The van der Waals surface area contributed by atoms with E-state index in [4.69, 9.17) is 4.74 Å². The minimum absolute atomic E-state index is 0.0149. The van der Waals surface area contributed by atoms with E-state index < -0.39 is 41.9 Å². The highest BCUT2D eigenvalue weighted by Crippen LogP contribution is 2.32. The van der Waals surface area contributed by atoms with Crippen molar-refractivity contribution in [3.63, 3.8) is 0 Å². The zero-order valence-corrected chi connectivity index (χ0v) is 15.5. The van der Waals surface area contributed by atoms with Gasteiger partial charge in [-0.05, 0) is 42.3 Å². The van der Waals surface area contributed by atoms with Crippen molar-refractivity contribution in [3.8, 4) is 11.5 Å². The third-order valence-electron chi connectivity index (χ3n) is 3.83.